The van der Waals surface area contributed by atoms with Gasteiger partial charge in [0.05, 0.1) is 0 Å². The first-order valence-electron chi connectivity index (χ1n) is 7.60. The average Bonchev–Trinajstić information content (AvgIpc) is 2.58. The van der Waals surface area contributed by atoms with E-state index < -0.39 is 0 Å². The Balaban J connectivity index is 0.00000192. The van der Waals surface area contributed by atoms with Gasteiger partial charge in [-0.3, -0.25) is 0 Å². The van der Waals surface area contributed by atoms with Crippen LogP contribution in [0.25, 0.3) is 0 Å². The van der Waals surface area contributed by atoms with Crippen LogP contribution in [-0.4, -0.2) is 13.2 Å². The Morgan fingerprint density at radius 2 is 1.70 bits per heavy atom. The minimum absolute atomic E-state index is 0. The maximum atomic E-state index is 6.56. The van der Waals surface area contributed by atoms with Gasteiger partial charge in [0.15, 0.2) is 0 Å². The van der Waals surface area contributed by atoms with E-state index in [9.17, 15) is 0 Å². The van der Waals surface area contributed by atoms with Gasteiger partial charge in [-0.15, -0.1) is 12.4 Å². The molecular formula is C18H21Cl2NOS. The van der Waals surface area contributed by atoms with Crippen LogP contribution < -0.4 is 5.73 Å². The molecule has 0 aliphatic carbocycles. The Morgan fingerprint density at radius 3 is 2.39 bits per heavy atom. The molecule has 0 bridgehead atoms. The third-order valence-electron chi connectivity index (χ3n) is 4.09. The normalized spacial score (nSPS) is 16.6. The highest BCUT2D eigenvalue weighted by molar-refractivity contribution is 7.99. The van der Waals surface area contributed by atoms with Gasteiger partial charge in [0.1, 0.15) is 0 Å². The summed E-state index contributed by atoms with van der Waals surface area (Å²) in [5.41, 5.74) is 7.79. The van der Waals surface area contributed by atoms with Crippen molar-refractivity contribution in [2.24, 2.45) is 11.7 Å². The zero-order valence-electron chi connectivity index (χ0n) is 12.8. The predicted octanol–water partition coefficient (Wildman–Crippen LogP) is 5.34. The summed E-state index contributed by atoms with van der Waals surface area (Å²) in [7, 11) is 0. The number of hydrogen-bond acceptors (Lipinski definition) is 3. The topological polar surface area (TPSA) is 35.2 Å². The first-order valence-corrected chi connectivity index (χ1v) is 8.79. The van der Waals surface area contributed by atoms with Crippen molar-refractivity contribution in [2.75, 3.05) is 13.2 Å². The second-order valence-electron chi connectivity index (χ2n) is 5.57. The van der Waals surface area contributed by atoms with Gasteiger partial charge in [-0.25, -0.2) is 0 Å². The van der Waals surface area contributed by atoms with Crippen LogP contribution in [0.5, 0.6) is 0 Å². The van der Waals surface area contributed by atoms with Crippen molar-refractivity contribution in [3.05, 3.63) is 59.1 Å². The van der Waals surface area contributed by atoms with E-state index in [4.69, 9.17) is 22.1 Å². The summed E-state index contributed by atoms with van der Waals surface area (Å²) in [6.07, 6.45) is 2.09. The van der Waals surface area contributed by atoms with Crippen LogP contribution in [0.15, 0.2) is 58.3 Å². The van der Waals surface area contributed by atoms with Crippen molar-refractivity contribution >= 4 is 35.8 Å². The van der Waals surface area contributed by atoms with E-state index in [0.717, 1.165) is 31.1 Å². The van der Waals surface area contributed by atoms with Crippen LogP contribution >= 0.6 is 35.8 Å². The summed E-state index contributed by atoms with van der Waals surface area (Å²) in [6.45, 7) is 1.65. The number of rotatable bonds is 4. The number of ether oxygens (including phenoxy) is 1. The van der Waals surface area contributed by atoms with Crippen LogP contribution in [0.2, 0.25) is 5.02 Å². The van der Waals surface area contributed by atoms with E-state index in [0.29, 0.717) is 5.92 Å². The maximum Gasteiger partial charge on any atom is 0.0469 e. The van der Waals surface area contributed by atoms with E-state index >= 15 is 0 Å². The van der Waals surface area contributed by atoms with Gasteiger partial charge >= 0.3 is 0 Å². The lowest BCUT2D eigenvalue weighted by Gasteiger charge is -2.29. The third kappa shape index (κ3) is 4.88. The summed E-state index contributed by atoms with van der Waals surface area (Å²) >= 11 is 7.70. The van der Waals surface area contributed by atoms with Crippen LogP contribution in [0.3, 0.4) is 0 Å². The van der Waals surface area contributed by atoms with Gasteiger partial charge in [-0.05, 0) is 54.7 Å². The molecule has 23 heavy (non-hydrogen) atoms. The Morgan fingerprint density at radius 1 is 1.04 bits per heavy atom. The lowest BCUT2D eigenvalue weighted by molar-refractivity contribution is 0.0581. The smallest absolute Gasteiger partial charge is 0.0469 e. The summed E-state index contributed by atoms with van der Waals surface area (Å²) < 4.78 is 5.45. The molecule has 1 fully saturated rings. The van der Waals surface area contributed by atoms with Crippen molar-refractivity contribution in [3.63, 3.8) is 0 Å². The highest BCUT2D eigenvalue weighted by Gasteiger charge is 2.24. The minimum Gasteiger partial charge on any atom is -0.381 e. The van der Waals surface area contributed by atoms with Crippen molar-refractivity contribution in [3.8, 4) is 0 Å². The first kappa shape index (κ1) is 18.6. The summed E-state index contributed by atoms with van der Waals surface area (Å²) in [4.78, 5) is 2.40. The zero-order valence-corrected chi connectivity index (χ0v) is 15.2. The molecule has 2 aromatic carbocycles. The summed E-state index contributed by atoms with van der Waals surface area (Å²) in [5.74, 6) is 0.501. The predicted molar refractivity (Wildman–Crippen MR) is 99.7 cm³/mol. The SMILES string of the molecule is Cl.N[C@H](c1ccccc1Sc1ccc(Cl)cc1)C1CCOCC1. The summed E-state index contributed by atoms with van der Waals surface area (Å²) in [6, 6.07) is 16.4. The average molecular weight is 370 g/mol. The van der Waals surface area contributed by atoms with Gasteiger partial charge in [0.25, 0.3) is 0 Å². The Hall–Kier alpha value is -0.710. The van der Waals surface area contributed by atoms with Crippen molar-refractivity contribution in [1.29, 1.82) is 0 Å². The second kappa shape index (κ2) is 8.95. The molecule has 1 aliphatic heterocycles. The molecule has 1 atom stereocenters. The van der Waals surface area contributed by atoms with E-state index in [2.05, 4.69) is 24.3 Å². The fourth-order valence-electron chi connectivity index (χ4n) is 2.81. The van der Waals surface area contributed by atoms with Crippen molar-refractivity contribution in [2.45, 2.75) is 28.7 Å². The fraction of sp³-hybridized carbons (Fsp3) is 0.333. The number of benzene rings is 2. The lowest BCUT2D eigenvalue weighted by Crippen LogP contribution is -2.27. The van der Waals surface area contributed by atoms with Crippen molar-refractivity contribution in [1.82, 2.24) is 0 Å². The molecule has 0 spiro atoms. The van der Waals surface area contributed by atoms with Gasteiger partial charge in [-0.1, -0.05) is 41.6 Å². The Bertz CT molecular complexity index is 615. The monoisotopic (exact) mass is 369 g/mol. The Kier molecular flexibility index (Phi) is 7.25. The number of hydrogen-bond donors (Lipinski definition) is 1. The first-order chi connectivity index (χ1) is 10.7. The quantitative estimate of drug-likeness (QED) is 0.789. The molecule has 124 valence electrons. The fourth-order valence-corrected chi connectivity index (χ4v) is 3.93. The lowest BCUT2D eigenvalue weighted by atomic mass is 9.88. The molecule has 1 heterocycles. The zero-order chi connectivity index (χ0) is 15.4. The van der Waals surface area contributed by atoms with Crippen LogP contribution in [0.4, 0.5) is 0 Å². The maximum absolute atomic E-state index is 6.56. The van der Waals surface area contributed by atoms with Crippen LogP contribution in [-0.2, 0) is 4.74 Å². The number of nitrogens with two attached hydrogens (primary N) is 1. The number of halogens is 2. The van der Waals surface area contributed by atoms with Gasteiger partial charge < -0.3 is 10.5 Å². The van der Waals surface area contributed by atoms with Crippen LogP contribution in [0, 0.1) is 5.92 Å². The standard InChI is InChI=1S/C18H20ClNOS.ClH/c19-14-5-7-15(8-6-14)22-17-4-2-1-3-16(17)18(20)13-9-11-21-12-10-13;/h1-8,13,18H,9-12,20H2;1H/t18-;/m0./s1. The van der Waals surface area contributed by atoms with E-state index in [1.54, 1.807) is 11.8 Å². The third-order valence-corrected chi connectivity index (χ3v) is 5.44. The molecule has 0 aromatic heterocycles. The molecule has 2 aromatic rings. The molecule has 0 unspecified atom stereocenters. The highest BCUT2D eigenvalue weighted by Crippen LogP contribution is 2.37. The molecule has 1 saturated heterocycles. The van der Waals surface area contributed by atoms with E-state index in [1.165, 1.54) is 15.4 Å². The van der Waals surface area contributed by atoms with Gasteiger partial charge in [0, 0.05) is 34.1 Å². The van der Waals surface area contributed by atoms with Crippen molar-refractivity contribution < 1.29 is 4.74 Å². The van der Waals surface area contributed by atoms with Crippen LogP contribution in [0.1, 0.15) is 24.4 Å². The molecule has 0 saturated carbocycles. The highest BCUT2D eigenvalue weighted by atomic mass is 35.5. The molecular weight excluding hydrogens is 349 g/mol. The largest absolute Gasteiger partial charge is 0.381 e. The van der Waals surface area contributed by atoms with Gasteiger partial charge in [-0.2, -0.15) is 0 Å². The molecule has 0 amide bonds. The molecule has 3 rings (SSSR count). The molecule has 2 N–H and O–H groups in total. The molecule has 2 nitrogen and oxygen atoms in total. The molecule has 1 aliphatic rings. The van der Waals surface area contributed by atoms with E-state index in [-0.39, 0.29) is 18.4 Å². The molecule has 5 heteroatoms. The summed E-state index contributed by atoms with van der Waals surface area (Å²) in [5, 5.41) is 0.761. The Labute approximate surface area is 153 Å². The van der Waals surface area contributed by atoms with E-state index in [1.807, 2.05) is 24.3 Å². The molecule has 0 radical (unpaired) electrons. The van der Waals surface area contributed by atoms with Gasteiger partial charge in [0.2, 0.25) is 0 Å². The minimum atomic E-state index is 0. The second-order valence-corrected chi connectivity index (χ2v) is 7.12.